The zero-order chi connectivity index (χ0) is 12.5. The van der Waals surface area contributed by atoms with Crippen molar-refractivity contribution in [3.8, 4) is 0 Å². The highest BCUT2D eigenvalue weighted by Gasteiger charge is 2.23. The average molecular weight is 242 g/mol. The summed E-state index contributed by atoms with van der Waals surface area (Å²) in [5.41, 5.74) is -1.48. The third-order valence-corrected chi connectivity index (χ3v) is 2.32. The Morgan fingerprint density at radius 1 is 0.875 bits per heavy atom. The molecule has 1 aromatic carbocycles. The van der Waals surface area contributed by atoms with Gasteiger partial charge < -0.3 is 15.3 Å². The average Bonchev–Trinajstić information content (AvgIpc) is 2.15. The fourth-order valence-electron chi connectivity index (χ4n) is 1.16. The Balaban J connectivity index is 3.60. The quantitative estimate of drug-likeness (QED) is 0.590. The Morgan fingerprint density at radius 3 is 1.69 bits per heavy atom. The van der Waals surface area contributed by atoms with Crippen LogP contribution in [0.5, 0.6) is 0 Å². The van der Waals surface area contributed by atoms with Gasteiger partial charge in [0.15, 0.2) is 0 Å². The van der Waals surface area contributed by atoms with E-state index in [2.05, 4.69) is 12.6 Å². The lowest BCUT2D eigenvalue weighted by Crippen LogP contribution is -2.12. The van der Waals surface area contributed by atoms with Gasteiger partial charge in [0, 0.05) is 4.90 Å². The monoisotopic (exact) mass is 242 g/mol. The van der Waals surface area contributed by atoms with Gasteiger partial charge in [-0.05, 0) is 12.1 Å². The molecule has 1 rings (SSSR count). The number of benzene rings is 1. The molecule has 7 heteroatoms. The van der Waals surface area contributed by atoms with E-state index in [0.29, 0.717) is 0 Å². The van der Waals surface area contributed by atoms with Gasteiger partial charge in [0.2, 0.25) is 0 Å². The van der Waals surface area contributed by atoms with Crippen molar-refractivity contribution < 1.29 is 29.7 Å². The summed E-state index contributed by atoms with van der Waals surface area (Å²) in [6.07, 6.45) is 0. The smallest absolute Gasteiger partial charge is 0.337 e. The minimum absolute atomic E-state index is 0.356. The zero-order valence-corrected chi connectivity index (χ0v) is 8.56. The van der Waals surface area contributed by atoms with Crippen LogP contribution in [0.2, 0.25) is 0 Å². The van der Waals surface area contributed by atoms with Gasteiger partial charge in [-0.3, -0.25) is 0 Å². The first-order valence-electron chi connectivity index (χ1n) is 3.92. The molecular weight excluding hydrogens is 236 g/mol. The lowest BCUT2D eigenvalue weighted by molar-refractivity contribution is 0.0644. The number of aromatic carboxylic acids is 3. The first kappa shape index (κ1) is 12.1. The maximum atomic E-state index is 10.8. The lowest BCUT2D eigenvalue weighted by Gasteiger charge is -2.07. The zero-order valence-electron chi connectivity index (χ0n) is 7.67. The number of hydrogen-bond donors (Lipinski definition) is 4. The predicted octanol–water partition coefficient (Wildman–Crippen LogP) is 1.07. The first-order valence-corrected chi connectivity index (χ1v) is 4.36. The van der Waals surface area contributed by atoms with E-state index in [0.717, 1.165) is 12.1 Å². The minimum Gasteiger partial charge on any atom is -0.478 e. The summed E-state index contributed by atoms with van der Waals surface area (Å²) in [4.78, 5) is 31.8. The molecule has 0 saturated carbocycles. The van der Waals surface area contributed by atoms with E-state index in [9.17, 15) is 14.4 Å². The third-order valence-electron chi connectivity index (χ3n) is 1.85. The van der Waals surface area contributed by atoms with Crippen LogP contribution < -0.4 is 0 Å². The molecule has 0 unspecified atom stereocenters. The van der Waals surface area contributed by atoms with Crippen molar-refractivity contribution in [2.24, 2.45) is 0 Å². The molecule has 0 saturated heterocycles. The van der Waals surface area contributed by atoms with E-state index in [1.54, 1.807) is 0 Å². The molecule has 6 nitrogen and oxygen atoms in total. The Bertz CT molecular complexity index is 493. The van der Waals surface area contributed by atoms with Crippen LogP contribution in [0.3, 0.4) is 0 Å². The van der Waals surface area contributed by atoms with Crippen molar-refractivity contribution in [2.75, 3.05) is 0 Å². The normalized spacial score (nSPS) is 9.81. The van der Waals surface area contributed by atoms with Gasteiger partial charge in [0.1, 0.15) is 0 Å². The van der Waals surface area contributed by atoms with E-state index in [1.807, 2.05) is 0 Å². The van der Waals surface area contributed by atoms with Crippen molar-refractivity contribution in [1.82, 2.24) is 0 Å². The summed E-state index contributed by atoms with van der Waals surface area (Å²) >= 11 is 3.73. The van der Waals surface area contributed by atoms with Crippen LogP contribution in [0.15, 0.2) is 17.0 Å². The molecule has 0 aromatic heterocycles. The third kappa shape index (κ3) is 1.98. The number of rotatable bonds is 3. The molecule has 0 fully saturated rings. The van der Waals surface area contributed by atoms with Crippen molar-refractivity contribution in [2.45, 2.75) is 4.90 Å². The van der Waals surface area contributed by atoms with Crippen LogP contribution in [-0.2, 0) is 0 Å². The van der Waals surface area contributed by atoms with Gasteiger partial charge in [-0.25, -0.2) is 14.4 Å². The molecule has 84 valence electrons. The van der Waals surface area contributed by atoms with Crippen LogP contribution in [0.1, 0.15) is 31.1 Å². The molecule has 0 bridgehead atoms. The maximum Gasteiger partial charge on any atom is 0.337 e. The maximum absolute atomic E-state index is 10.8. The highest BCUT2D eigenvalue weighted by molar-refractivity contribution is 7.80. The molecule has 0 atom stereocenters. The SMILES string of the molecule is O=C(O)c1ccc(C(=O)O)c(C(=O)O)c1S. The fourth-order valence-corrected chi connectivity index (χ4v) is 1.54. The Labute approximate surface area is 94.5 Å². The lowest BCUT2D eigenvalue weighted by atomic mass is 10.0. The molecule has 0 aliphatic heterocycles. The van der Waals surface area contributed by atoms with Gasteiger partial charge >= 0.3 is 17.9 Å². The van der Waals surface area contributed by atoms with Crippen molar-refractivity contribution >= 4 is 30.5 Å². The minimum atomic E-state index is -1.54. The first-order chi connectivity index (χ1) is 7.36. The van der Waals surface area contributed by atoms with Crippen LogP contribution in [-0.4, -0.2) is 33.2 Å². The van der Waals surface area contributed by atoms with E-state index in [4.69, 9.17) is 15.3 Å². The van der Waals surface area contributed by atoms with Crippen LogP contribution >= 0.6 is 12.6 Å². The molecule has 0 radical (unpaired) electrons. The van der Waals surface area contributed by atoms with Gasteiger partial charge in [0.25, 0.3) is 0 Å². The van der Waals surface area contributed by atoms with Gasteiger partial charge in [-0.15, -0.1) is 12.6 Å². The molecule has 0 heterocycles. The molecular formula is C9H6O6S. The number of carbonyl (C=O) groups is 3. The Morgan fingerprint density at radius 2 is 1.31 bits per heavy atom. The number of hydrogen-bond acceptors (Lipinski definition) is 4. The molecule has 0 aliphatic rings. The van der Waals surface area contributed by atoms with Crippen LogP contribution in [0.25, 0.3) is 0 Å². The topological polar surface area (TPSA) is 112 Å². The summed E-state index contributed by atoms with van der Waals surface area (Å²) in [7, 11) is 0. The number of thiol groups is 1. The molecule has 16 heavy (non-hydrogen) atoms. The van der Waals surface area contributed by atoms with Crippen molar-refractivity contribution in [3.05, 3.63) is 28.8 Å². The largest absolute Gasteiger partial charge is 0.478 e. The summed E-state index contributed by atoms with van der Waals surface area (Å²) in [6, 6.07) is 1.93. The van der Waals surface area contributed by atoms with E-state index in [1.165, 1.54) is 0 Å². The van der Waals surface area contributed by atoms with Crippen molar-refractivity contribution in [3.63, 3.8) is 0 Å². The van der Waals surface area contributed by atoms with E-state index in [-0.39, 0.29) is 10.5 Å². The fraction of sp³-hybridized carbons (Fsp3) is 0. The molecule has 0 aliphatic carbocycles. The summed E-state index contributed by atoms with van der Waals surface area (Å²) in [5.74, 6) is -4.36. The molecule has 0 spiro atoms. The van der Waals surface area contributed by atoms with Crippen molar-refractivity contribution in [1.29, 1.82) is 0 Å². The second-order valence-corrected chi connectivity index (χ2v) is 3.25. The van der Waals surface area contributed by atoms with Gasteiger partial charge in [-0.2, -0.15) is 0 Å². The second kappa shape index (κ2) is 4.23. The number of carboxylic acid groups (broad SMARTS) is 3. The Hall–Kier alpha value is -2.02. The van der Waals surface area contributed by atoms with E-state index < -0.39 is 29.0 Å². The van der Waals surface area contributed by atoms with Gasteiger partial charge in [-0.1, -0.05) is 0 Å². The summed E-state index contributed by atoms with van der Waals surface area (Å²) < 4.78 is 0. The molecule has 3 N–H and O–H groups in total. The predicted molar refractivity (Wildman–Crippen MR) is 54.6 cm³/mol. The van der Waals surface area contributed by atoms with Gasteiger partial charge in [0.05, 0.1) is 16.7 Å². The summed E-state index contributed by atoms with van der Waals surface area (Å²) in [6.45, 7) is 0. The number of carboxylic acids is 3. The molecule has 1 aromatic rings. The summed E-state index contributed by atoms with van der Waals surface area (Å²) in [5, 5.41) is 26.2. The standard InChI is InChI=1S/C9H6O6S/c10-7(11)3-1-2-4(8(12)13)6(16)5(3)9(14)15/h1-2,16H,(H,10,11)(H,12,13)(H,14,15). The second-order valence-electron chi connectivity index (χ2n) is 2.80. The highest BCUT2D eigenvalue weighted by Crippen LogP contribution is 2.23. The van der Waals surface area contributed by atoms with E-state index >= 15 is 0 Å². The molecule has 0 amide bonds. The highest BCUT2D eigenvalue weighted by atomic mass is 32.1. The van der Waals surface area contributed by atoms with Crippen LogP contribution in [0.4, 0.5) is 0 Å². The Kier molecular flexibility index (Phi) is 3.19. The van der Waals surface area contributed by atoms with Crippen LogP contribution in [0, 0.1) is 0 Å².